The van der Waals surface area contributed by atoms with E-state index in [1.165, 1.54) is 12.1 Å². The number of carbonyl (C=O) groups excluding carboxylic acids is 1. The van der Waals surface area contributed by atoms with Crippen LogP contribution in [-0.4, -0.2) is 11.7 Å². The molecule has 1 aliphatic heterocycles. The van der Waals surface area contributed by atoms with Gasteiger partial charge in [0.25, 0.3) is 0 Å². The van der Waals surface area contributed by atoms with Gasteiger partial charge in [-0.25, -0.2) is 4.39 Å². The summed E-state index contributed by atoms with van der Waals surface area (Å²) in [5.74, 6) is -0.308. The molecule has 0 aromatic heterocycles. The molecule has 0 aliphatic carbocycles. The van der Waals surface area contributed by atoms with E-state index in [9.17, 15) is 9.18 Å². The van der Waals surface area contributed by atoms with Crippen LogP contribution in [0.3, 0.4) is 0 Å². The van der Waals surface area contributed by atoms with E-state index in [1.807, 2.05) is 0 Å². The first-order valence-corrected chi connectivity index (χ1v) is 4.31. The number of thioether (sulfide) groups is 1. The zero-order chi connectivity index (χ0) is 8.55. The number of halogens is 1. The van der Waals surface area contributed by atoms with E-state index in [0.29, 0.717) is 11.4 Å². The summed E-state index contributed by atoms with van der Waals surface area (Å²) in [7, 11) is 0. The van der Waals surface area contributed by atoms with Crippen LogP contribution in [0.1, 0.15) is 0 Å². The van der Waals surface area contributed by atoms with Crippen molar-refractivity contribution in [2.45, 2.75) is 4.90 Å². The van der Waals surface area contributed by atoms with Gasteiger partial charge in [-0.2, -0.15) is 0 Å². The fourth-order valence-corrected chi connectivity index (χ4v) is 1.86. The Bertz CT molecular complexity index is 340. The monoisotopic (exact) mass is 183 g/mol. The lowest BCUT2D eigenvalue weighted by Crippen LogP contribution is -2.15. The van der Waals surface area contributed by atoms with Gasteiger partial charge >= 0.3 is 0 Å². The molecule has 0 saturated carbocycles. The van der Waals surface area contributed by atoms with Gasteiger partial charge in [0.05, 0.1) is 6.54 Å². The van der Waals surface area contributed by atoms with Crippen molar-refractivity contribution in [3.63, 3.8) is 0 Å². The SMILES string of the molecule is O=C1CNc2ccc(F)cc2S1. The van der Waals surface area contributed by atoms with E-state index >= 15 is 0 Å². The summed E-state index contributed by atoms with van der Waals surface area (Å²) in [6, 6.07) is 4.39. The molecule has 0 bridgehead atoms. The zero-order valence-electron chi connectivity index (χ0n) is 6.13. The second-order valence-corrected chi connectivity index (χ2v) is 3.57. The van der Waals surface area contributed by atoms with Crippen LogP contribution in [0.4, 0.5) is 10.1 Å². The van der Waals surface area contributed by atoms with Crippen molar-refractivity contribution in [2.75, 3.05) is 11.9 Å². The molecule has 0 amide bonds. The Hall–Kier alpha value is -1.03. The summed E-state index contributed by atoms with van der Waals surface area (Å²) in [4.78, 5) is 11.6. The van der Waals surface area contributed by atoms with Gasteiger partial charge in [0.15, 0.2) is 0 Å². The predicted molar refractivity (Wildman–Crippen MR) is 45.8 cm³/mol. The molecular weight excluding hydrogens is 177 g/mol. The molecule has 0 saturated heterocycles. The minimum atomic E-state index is -0.308. The molecule has 0 spiro atoms. The molecule has 62 valence electrons. The van der Waals surface area contributed by atoms with Crippen LogP contribution in [0.5, 0.6) is 0 Å². The quantitative estimate of drug-likeness (QED) is 0.665. The minimum Gasteiger partial charge on any atom is -0.376 e. The van der Waals surface area contributed by atoms with Crippen LogP contribution in [0.15, 0.2) is 23.1 Å². The highest BCUT2D eigenvalue weighted by Gasteiger charge is 2.15. The molecule has 1 aromatic carbocycles. The Morgan fingerprint density at radius 1 is 1.50 bits per heavy atom. The van der Waals surface area contributed by atoms with Gasteiger partial charge in [0.1, 0.15) is 5.82 Å². The van der Waals surface area contributed by atoms with E-state index in [-0.39, 0.29) is 10.9 Å². The van der Waals surface area contributed by atoms with Crippen molar-refractivity contribution >= 4 is 22.6 Å². The first kappa shape index (κ1) is 7.61. The standard InChI is InChI=1S/C8H6FNOS/c9-5-1-2-6-7(3-5)12-8(11)4-10-6/h1-3,10H,4H2. The number of rotatable bonds is 0. The molecule has 2 rings (SSSR count). The van der Waals surface area contributed by atoms with Crippen LogP contribution < -0.4 is 5.32 Å². The summed E-state index contributed by atoms with van der Waals surface area (Å²) in [6.45, 7) is 0.323. The molecule has 0 unspecified atom stereocenters. The zero-order valence-corrected chi connectivity index (χ0v) is 6.95. The second-order valence-electron chi connectivity index (χ2n) is 2.47. The predicted octanol–water partition coefficient (Wildman–Crippen LogP) is 1.87. The smallest absolute Gasteiger partial charge is 0.212 e. The molecule has 1 heterocycles. The van der Waals surface area contributed by atoms with Gasteiger partial charge in [0.2, 0.25) is 5.12 Å². The Balaban J connectivity index is 2.44. The average molecular weight is 183 g/mol. The maximum Gasteiger partial charge on any atom is 0.212 e. The van der Waals surface area contributed by atoms with Gasteiger partial charge in [-0.3, -0.25) is 4.79 Å². The highest BCUT2D eigenvalue weighted by Crippen LogP contribution is 2.31. The van der Waals surface area contributed by atoms with Crippen LogP contribution in [0.25, 0.3) is 0 Å². The summed E-state index contributed by atoms with van der Waals surface area (Å²) in [5, 5.41) is 2.92. The lowest BCUT2D eigenvalue weighted by Gasteiger charge is -2.15. The number of hydrogen-bond acceptors (Lipinski definition) is 3. The summed E-state index contributed by atoms with van der Waals surface area (Å²) in [5.41, 5.74) is 0.834. The molecular formula is C8H6FNOS. The van der Waals surface area contributed by atoms with Crippen molar-refractivity contribution in [1.82, 2.24) is 0 Å². The molecule has 0 atom stereocenters. The normalized spacial score (nSPS) is 15.2. The largest absolute Gasteiger partial charge is 0.376 e. The van der Waals surface area contributed by atoms with Crippen molar-refractivity contribution in [3.05, 3.63) is 24.0 Å². The first-order chi connectivity index (χ1) is 5.75. The fraction of sp³-hybridized carbons (Fsp3) is 0.125. The Kier molecular flexibility index (Phi) is 1.77. The van der Waals surface area contributed by atoms with Gasteiger partial charge < -0.3 is 5.32 Å². The Labute approximate surface area is 73.2 Å². The van der Waals surface area contributed by atoms with Crippen molar-refractivity contribution in [1.29, 1.82) is 0 Å². The molecule has 0 radical (unpaired) electrons. The van der Waals surface area contributed by atoms with Crippen molar-refractivity contribution in [3.8, 4) is 0 Å². The first-order valence-electron chi connectivity index (χ1n) is 3.50. The topological polar surface area (TPSA) is 29.1 Å². The lowest BCUT2D eigenvalue weighted by atomic mass is 10.3. The average Bonchev–Trinajstić information content (AvgIpc) is 2.03. The number of carbonyl (C=O) groups is 1. The van der Waals surface area contributed by atoms with Gasteiger partial charge in [-0.05, 0) is 30.0 Å². The highest BCUT2D eigenvalue weighted by atomic mass is 32.2. The number of nitrogens with one attached hydrogen (secondary N) is 1. The van der Waals surface area contributed by atoms with Crippen LogP contribution in [0, 0.1) is 5.82 Å². The maximum atomic E-state index is 12.7. The van der Waals surface area contributed by atoms with Crippen LogP contribution >= 0.6 is 11.8 Å². The van der Waals surface area contributed by atoms with Gasteiger partial charge in [-0.1, -0.05) is 0 Å². The second kappa shape index (κ2) is 2.79. The fourth-order valence-electron chi connectivity index (χ4n) is 1.05. The highest BCUT2D eigenvalue weighted by molar-refractivity contribution is 8.14. The summed E-state index contributed by atoms with van der Waals surface area (Å²) >= 11 is 1.08. The van der Waals surface area contributed by atoms with Crippen LogP contribution in [0.2, 0.25) is 0 Å². The van der Waals surface area contributed by atoms with Crippen molar-refractivity contribution in [2.24, 2.45) is 0 Å². The summed E-state index contributed by atoms with van der Waals surface area (Å²) in [6.07, 6.45) is 0. The molecule has 1 aromatic rings. The van der Waals surface area contributed by atoms with Crippen LogP contribution in [-0.2, 0) is 4.79 Å². The number of benzene rings is 1. The Morgan fingerprint density at radius 3 is 3.17 bits per heavy atom. The van der Waals surface area contributed by atoms with E-state index in [1.54, 1.807) is 6.07 Å². The molecule has 1 N–H and O–H groups in total. The molecule has 2 nitrogen and oxygen atoms in total. The van der Waals surface area contributed by atoms with Gasteiger partial charge in [0, 0.05) is 10.6 Å². The minimum absolute atomic E-state index is 0.0214. The van der Waals surface area contributed by atoms with Crippen molar-refractivity contribution < 1.29 is 9.18 Å². The van der Waals surface area contributed by atoms with E-state index in [4.69, 9.17) is 0 Å². The Morgan fingerprint density at radius 2 is 2.33 bits per heavy atom. The molecule has 1 aliphatic rings. The molecule has 4 heteroatoms. The van der Waals surface area contributed by atoms with Gasteiger partial charge in [-0.15, -0.1) is 0 Å². The van der Waals surface area contributed by atoms with E-state index in [0.717, 1.165) is 17.4 Å². The number of anilines is 1. The number of fused-ring (bicyclic) bond motifs is 1. The third kappa shape index (κ3) is 1.30. The third-order valence-corrected chi connectivity index (χ3v) is 2.52. The summed E-state index contributed by atoms with van der Waals surface area (Å²) < 4.78 is 12.7. The maximum absolute atomic E-state index is 12.7. The molecule has 12 heavy (non-hydrogen) atoms. The number of hydrogen-bond donors (Lipinski definition) is 1. The molecule has 0 fully saturated rings. The lowest BCUT2D eigenvalue weighted by molar-refractivity contribution is -0.109. The van der Waals surface area contributed by atoms with E-state index < -0.39 is 0 Å². The third-order valence-electron chi connectivity index (χ3n) is 1.59. The van der Waals surface area contributed by atoms with E-state index in [2.05, 4.69) is 5.32 Å².